The Labute approximate surface area is 218 Å². The van der Waals surface area contributed by atoms with Gasteiger partial charge in [-0.15, -0.1) is 0 Å². The molecule has 196 valence electrons. The van der Waals surface area contributed by atoms with Crippen molar-refractivity contribution in [3.05, 3.63) is 93.8 Å². The van der Waals surface area contributed by atoms with Crippen LogP contribution < -0.4 is 9.47 Å². The Morgan fingerprint density at radius 1 is 0.973 bits per heavy atom. The molecule has 0 bridgehead atoms. The molecule has 3 aromatic carbocycles. The summed E-state index contributed by atoms with van der Waals surface area (Å²) in [6.45, 7) is -0.201. The maximum Gasteiger partial charge on any atom is 0.165 e. The zero-order valence-corrected chi connectivity index (χ0v) is 20.6. The van der Waals surface area contributed by atoms with Crippen molar-refractivity contribution in [1.82, 2.24) is 0 Å². The molecule has 0 saturated carbocycles. The number of para-hydroxylation sites is 1. The summed E-state index contributed by atoms with van der Waals surface area (Å²) in [4.78, 5) is 0. The van der Waals surface area contributed by atoms with Crippen LogP contribution in [0.3, 0.4) is 0 Å². The highest BCUT2D eigenvalue weighted by Gasteiger charge is 2.44. The van der Waals surface area contributed by atoms with Crippen molar-refractivity contribution in [2.45, 2.75) is 49.5 Å². The standard InChI is InChI=1S/C28H28ClFO7/c29-21-9-6-17(28-26(34)25(33)24(32)23(13-31)37-28)11-18(21)10-15-4-7-19(8-5-15)35-14-20-12-16-2-1-3-22(30)27(16)36-20/h1-9,11,20,23-26,28,31-34H,10,12-14H2/t20?,23-,24-,25+,26-,28+/m1/s1. The van der Waals surface area contributed by atoms with Gasteiger partial charge in [0.2, 0.25) is 0 Å². The average Bonchev–Trinajstić information content (AvgIpc) is 3.33. The molecule has 37 heavy (non-hydrogen) atoms. The van der Waals surface area contributed by atoms with Crippen molar-refractivity contribution >= 4 is 11.6 Å². The Morgan fingerprint density at radius 3 is 2.49 bits per heavy atom. The first-order chi connectivity index (χ1) is 17.8. The van der Waals surface area contributed by atoms with Crippen molar-refractivity contribution in [1.29, 1.82) is 0 Å². The highest BCUT2D eigenvalue weighted by Crippen LogP contribution is 2.35. The predicted octanol–water partition coefficient (Wildman–Crippen LogP) is 2.97. The smallest absolute Gasteiger partial charge is 0.165 e. The molecule has 2 heterocycles. The van der Waals surface area contributed by atoms with Gasteiger partial charge in [0.25, 0.3) is 0 Å². The van der Waals surface area contributed by atoms with Crippen LogP contribution in [0.4, 0.5) is 4.39 Å². The molecular weight excluding hydrogens is 503 g/mol. The summed E-state index contributed by atoms with van der Waals surface area (Å²) in [5, 5.41) is 40.6. The SMILES string of the molecule is OC[C@H]1O[C@@H](c2ccc(Cl)c(Cc3ccc(OCC4Cc5cccc(F)c5O4)cc3)c2)[C@H](O)[C@@H](O)[C@@H]1O. The fraction of sp³-hybridized carbons (Fsp3) is 0.357. The van der Waals surface area contributed by atoms with Crippen molar-refractivity contribution in [3.63, 3.8) is 0 Å². The first-order valence-electron chi connectivity index (χ1n) is 12.1. The van der Waals surface area contributed by atoms with Gasteiger partial charge in [0.1, 0.15) is 49.0 Å². The number of aliphatic hydroxyl groups is 4. The minimum Gasteiger partial charge on any atom is -0.490 e. The van der Waals surface area contributed by atoms with Crippen LogP contribution >= 0.6 is 11.6 Å². The van der Waals surface area contributed by atoms with E-state index < -0.39 is 37.1 Å². The van der Waals surface area contributed by atoms with Gasteiger partial charge < -0.3 is 34.6 Å². The van der Waals surface area contributed by atoms with E-state index in [1.807, 2.05) is 30.3 Å². The number of ether oxygens (including phenoxy) is 3. The number of hydrogen-bond donors (Lipinski definition) is 4. The van der Waals surface area contributed by atoms with E-state index in [0.29, 0.717) is 41.5 Å². The van der Waals surface area contributed by atoms with Crippen LogP contribution in [-0.2, 0) is 17.6 Å². The zero-order valence-electron chi connectivity index (χ0n) is 19.8. The van der Waals surface area contributed by atoms with E-state index in [2.05, 4.69) is 0 Å². The lowest BCUT2D eigenvalue weighted by atomic mass is 9.90. The molecule has 7 nitrogen and oxygen atoms in total. The molecule has 0 aromatic heterocycles. The Bertz CT molecular complexity index is 1240. The van der Waals surface area contributed by atoms with Gasteiger partial charge in [-0.2, -0.15) is 0 Å². The average molecular weight is 531 g/mol. The molecule has 4 N–H and O–H groups in total. The minimum absolute atomic E-state index is 0.254. The molecular formula is C28H28ClFO7. The van der Waals surface area contributed by atoms with Crippen LogP contribution in [0.25, 0.3) is 0 Å². The second-order valence-electron chi connectivity index (χ2n) is 9.40. The van der Waals surface area contributed by atoms with E-state index >= 15 is 0 Å². The topological polar surface area (TPSA) is 109 Å². The lowest BCUT2D eigenvalue weighted by Crippen LogP contribution is -2.55. The minimum atomic E-state index is -1.45. The molecule has 0 radical (unpaired) electrons. The lowest BCUT2D eigenvalue weighted by Gasteiger charge is -2.40. The number of halogens is 2. The molecule has 0 spiro atoms. The molecule has 6 atom stereocenters. The normalized spacial score (nSPS) is 27.0. The van der Waals surface area contributed by atoms with Crippen LogP contribution in [0.2, 0.25) is 5.02 Å². The summed E-state index contributed by atoms with van der Waals surface area (Å²) in [5.74, 6) is 0.595. The van der Waals surface area contributed by atoms with Gasteiger partial charge in [0.15, 0.2) is 11.6 Å². The summed E-state index contributed by atoms with van der Waals surface area (Å²) in [6.07, 6.45) is -5.32. The predicted molar refractivity (Wildman–Crippen MR) is 133 cm³/mol. The molecule has 0 aliphatic carbocycles. The van der Waals surface area contributed by atoms with Crippen LogP contribution in [0.15, 0.2) is 60.7 Å². The van der Waals surface area contributed by atoms with Crippen LogP contribution in [-0.4, -0.2) is 64.2 Å². The van der Waals surface area contributed by atoms with Crippen LogP contribution in [0, 0.1) is 5.82 Å². The van der Waals surface area contributed by atoms with Crippen molar-refractivity contribution < 1.29 is 39.0 Å². The van der Waals surface area contributed by atoms with Gasteiger partial charge in [-0.05, 0) is 47.4 Å². The maximum absolute atomic E-state index is 13.9. The first-order valence-corrected chi connectivity index (χ1v) is 12.5. The molecule has 1 fully saturated rings. The van der Waals surface area contributed by atoms with Crippen molar-refractivity contribution in [2.75, 3.05) is 13.2 Å². The molecule has 0 amide bonds. The third kappa shape index (κ3) is 5.45. The Balaban J connectivity index is 1.22. The fourth-order valence-electron chi connectivity index (χ4n) is 4.79. The van der Waals surface area contributed by atoms with E-state index in [1.54, 1.807) is 24.3 Å². The van der Waals surface area contributed by atoms with Gasteiger partial charge in [-0.1, -0.05) is 48.0 Å². The highest BCUT2D eigenvalue weighted by molar-refractivity contribution is 6.31. The van der Waals surface area contributed by atoms with Gasteiger partial charge in [-0.25, -0.2) is 4.39 Å². The van der Waals surface area contributed by atoms with Crippen molar-refractivity contribution in [3.8, 4) is 11.5 Å². The summed E-state index contributed by atoms with van der Waals surface area (Å²) in [7, 11) is 0. The lowest BCUT2D eigenvalue weighted by molar-refractivity contribution is -0.231. The van der Waals surface area contributed by atoms with Crippen molar-refractivity contribution in [2.24, 2.45) is 0 Å². The van der Waals surface area contributed by atoms with E-state index in [-0.39, 0.29) is 11.9 Å². The quantitative estimate of drug-likeness (QED) is 0.372. The Kier molecular flexibility index (Phi) is 7.67. The summed E-state index contributed by atoms with van der Waals surface area (Å²) >= 11 is 6.43. The van der Waals surface area contributed by atoms with E-state index in [1.165, 1.54) is 6.07 Å². The highest BCUT2D eigenvalue weighted by atomic mass is 35.5. The number of aliphatic hydroxyl groups excluding tert-OH is 4. The third-order valence-corrected chi connectivity index (χ3v) is 7.19. The van der Waals surface area contributed by atoms with Gasteiger partial charge in [0.05, 0.1) is 6.61 Å². The molecule has 9 heteroatoms. The third-order valence-electron chi connectivity index (χ3n) is 6.83. The Hall–Kier alpha value is -2.72. The number of benzene rings is 3. The zero-order chi connectivity index (χ0) is 26.1. The molecule has 1 saturated heterocycles. The second-order valence-corrected chi connectivity index (χ2v) is 9.81. The summed E-state index contributed by atoms with van der Waals surface area (Å²) < 4.78 is 31.1. The Morgan fingerprint density at radius 2 is 1.76 bits per heavy atom. The molecule has 2 aliphatic rings. The van der Waals surface area contributed by atoms with Crippen LogP contribution in [0.5, 0.6) is 11.5 Å². The molecule has 1 unspecified atom stereocenters. The number of fused-ring (bicyclic) bond motifs is 1. The summed E-state index contributed by atoms with van der Waals surface area (Å²) in [5.41, 5.74) is 3.16. The molecule has 2 aliphatic heterocycles. The van der Waals surface area contributed by atoms with Crippen LogP contribution in [0.1, 0.15) is 28.4 Å². The number of rotatable bonds is 7. The monoisotopic (exact) mass is 530 g/mol. The van der Waals surface area contributed by atoms with Gasteiger partial charge in [0, 0.05) is 17.0 Å². The second kappa shape index (κ2) is 10.9. The summed E-state index contributed by atoms with van der Waals surface area (Å²) in [6, 6.07) is 17.6. The van der Waals surface area contributed by atoms with E-state index in [0.717, 1.165) is 16.7 Å². The maximum atomic E-state index is 13.9. The van der Waals surface area contributed by atoms with E-state index in [9.17, 15) is 24.8 Å². The fourth-order valence-corrected chi connectivity index (χ4v) is 4.97. The largest absolute Gasteiger partial charge is 0.490 e. The number of hydrogen-bond acceptors (Lipinski definition) is 7. The molecule has 5 rings (SSSR count). The molecule has 3 aromatic rings. The first kappa shape index (κ1) is 25.9. The van der Waals surface area contributed by atoms with E-state index in [4.69, 9.17) is 25.8 Å². The van der Waals surface area contributed by atoms with Gasteiger partial charge in [-0.3, -0.25) is 0 Å². The van der Waals surface area contributed by atoms with Gasteiger partial charge >= 0.3 is 0 Å².